The molecule has 0 radical (unpaired) electrons. The van der Waals surface area contributed by atoms with Gasteiger partial charge in [-0.15, -0.1) is 16.4 Å². The first-order valence-corrected chi connectivity index (χ1v) is 8.34. The fraction of sp³-hybridized carbons (Fsp3) is 0.571. The number of carbonyl (C=O) groups excluding carboxylic acids is 1. The van der Waals surface area contributed by atoms with Crippen LogP contribution in [0.3, 0.4) is 0 Å². The van der Waals surface area contributed by atoms with Gasteiger partial charge >= 0.3 is 0 Å². The standard InChI is InChI=1S/C14H20N6OS/c1-10-17-11(8-22-10)4-6-19-5-2-3-12(7-19)20-9-16-14(18-20)13(15)21/h8-9,12H,2-7H2,1H3,(H2,15,21)/t12-/m1/s1. The van der Waals surface area contributed by atoms with E-state index in [2.05, 4.69) is 25.3 Å². The quantitative estimate of drug-likeness (QED) is 0.888. The van der Waals surface area contributed by atoms with Crippen LogP contribution in [0.25, 0.3) is 0 Å². The molecule has 0 bridgehead atoms. The molecular formula is C14H20N6OS. The Bertz CT molecular complexity index is 651. The van der Waals surface area contributed by atoms with Crippen molar-refractivity contribution < 1.29 is 4.79 Å². The van der Waals surface area contributed by atoms with Crippen molar-refractivity contribution in [1.29, 1.82) is 0 Å². The normalized spacial score (nSPS) is 19.4. The predicted molar refractivity (Wildman–Crippen MR) is 83.8 cm³/mol. The molecule has 1 fully saturated rings. The van der Waals surface area contributed by atoms with Crippen LogP contribution < -0.4 is 5.73 Å². The molecule has 118 valence electrons. The van der Waals surface area contributed by atoms with E-state index in [4.69, 9.17) is 5.73 Å². The van der Waals surface area contributed by atoms with Crippen molar-refractivity contribution in [3.8, 4) is 0 Å². The summed E-state index contributed by atoms with van der Waals surface area (Å²) in [4.78, 5) is 22.0. The number of piperidine rings is 1. The summed E-state index contributed by atoms with van der Waals surface area (Å²) in [7, 11) is 0. The van der Waals surface area contributed by atoms with Crippen molar-refractivity contribution in [2.45, 2.75) is 32.2 Å². The molecule has 2 aromatic heterocycles. The average Bonchev–Trinajstić information content (AvgIpc) is 3.14. The Balaban J connectivity index is 1.57. The van der Waals surface area contributed by atoms with Crippen molar-refractivity contribution in [2.24, 2.45) is 5.73 Å². The van der Waals surface area contributed by atoms with Gasteiger partial charge in [-0.3, -0.25) is 4.79 Å². The number of primary amides is 1. The minimum absolute atomic E-state index is 0.0927. The van der Waals surface area contributed by atoms with Gasteiger partial charge in [-0.1, -0.05) is 0 Å². The minimum Gasteiger partial charge on any atom is -0.363 e. The maximum absolute atomic E-state index is 11.1. The van der Waals surface area contributed by atoms with Crippen LogP contribution in [0, 0.1) is 6.92 Å². The summed E-state index contributed by atoms with van der Waals surface area (Å²) in [5.41, 5.74) is 6.37. The van der Waals surface area contributed by atoms with E-state index in [0.717, 1.165) is 43.9 Å². The SMILES string of the molecule is Cc1nc(CCN2CCC[C@@H](n3cnc(C(N)=O)n3)C2)cs1. The number of carbonyl (C=O) groups is 1. The molecule has 1 atom stereocenters. The molecule has 0 aliphatic carbocycles. The highest BCUT2D eigenvalue weighted by Crippen LogP contribution is 2.21. The third-order valence-electron chi connectivity index (χ3n) is 3.93. The smallest absolute Gasteiger partial charge is 0.288 e. The zero-order valence-electron chi connectivity index (χ0n) is 12.6. The molecule has 0 aromatic carbocycles. The molecular weight excluding hydrogens is 300 g/mol. The number of nitrogens with two attached hydrogens (primary N) is 1. The number of thiazole rings is 1. The van der Waals surface area contributed by atoms with E-state index in [1.807, 2.05) is 6.92 Å². The number of amides is 1. The molecule has 1 aliphatic heterocycles. The van der Waals surface area contributed by atoms with Crippen molar-refractivity contribution in [3.63, 3.8) is 0 Å². The Labute approximate surface area is 133 Å². The summed E-state index contributed by atoms with van der Waals surface area (Å²) in [5.74, 6) is -0.486. The second kappa shape index (κ2) is 6.53. The lowest BCUT2D eigenvalue weighted by molar-refractivity contribution is 0.0989. The Morgan fingerprint density at radius 2 is 2.41 bits per heavy atom. The largest absolute Gasteiger partial charge is 0.363 e. The maximum atomic E-state index is 11.1. The molecule has 0 saturated carbocycles. The summed E-state index contributed by atoms with van der Waals surface area (Å²) in [5, 5.41) is 7.43. The number of likely N-dealkylation sites (tertiary alicyclic amines) is 1. The van der Waals surface area contributed by atoms with Crippen LogP contribution in [-0.4, -0.2) is 50.2 Å². The molecule has 22 heavy (non-hydrogen) atoms. The van der Waals surface area contributed by atoms with Crippen molar-refractivity contribution in [3.05, 3.63) is 28.2 Å². The number of aromatic nitrogens is 4. The third-order valence-corrected chi connectivity index (χ3v) is 4.76. The number of rotatable bonds is 5. The summed E-state index contributed by atoms with van der Waals surface area (Å²) < 4.78 is 1.78. The fourth-order valence-corrected chi connectivity index (χ4v) is 3.46. The first-order chi connectivity index (χ1) is 10.6. The molecule has 0 unspecified atom stereocenters. The van der Waals surface area contributed by atoms with E-state index in [-0.39, 0.29) is 11.9 Å². The Hall–Kier alpha value is -1.80. The summed E-state index contributed by atoms with van der Waals surface area (Å²) in [6.07, 6.45) is 4.75. The van der Waals surface area contributed by atoms with Gasteiger partial charge in [0.25, 0.3) is 5.91 Å². The first-order valence-electron chi connectivity index (χ1n) is 7.46. The second-order valence-electron chi connectivity index (χ2n) is 5.62. The predicted octanol–water partition coefficient (Wildman–Crippen LogP) is 1.02. The monoisotopic (exact) mass is 320 g/mol. The fourth-order valence-electron chi connectivity index (χ4n) is 2.81. The van der Waals surface area contributed by atoms with Crippen LogP contribution in [-0.2, 0) is 6.42 Å². The zero-order valence-corrected chi connectivity index (χ0v) is 13.4. The molecule has 3 heterocycles. The molecule has 2 N–H and O–H groups in total. The van der Waals surface area contributed by atoms with Crippen LogP contribution >= 0.6 is 11.3 Å². The van der Waals surface area contributed by atoms with Gasteiger partial charge in [0.1, 0.15) is 6.33 Å². The van der Waals surface area contributed by atoms with Gasteiger partial charge in [0, 0.05) is 24.9 Å². The third kappa shape index (κ3) is 3.50. The van der Waals surface area contributed by atoms with Gasteiger partial charge in [0.15, 0.2) is 0 Å². The first kappa shape index (κ1) is 15.1. The lowest BCUT2D eigenvalue weighted by Crippen LogP contribution is -2.38. The van der Waals surface area contributed by atoms with Crippen LogP contribution in [0.1, 0.15) is 40.2 Å². The van der Waals surface area contributed by atoms with Gasteiger partial charge in [0.2, 0.25) is 5.82 Å². The van der Waals surface area contributed by atoms with Gasteiger partial charge < -0.3 is 10.6 Å². The summed E-state index contributed by atoms with van der Waals surface area (Å²) in [6, 6.07) is 0.256. The Kier molecular flexibility index (Phi) is 4.49. The Morgan fingerprint density at radius 3 is 3.09 bits per heavy atom. The molecule has 2 aromatic rings. The number of aryl methyl sites for hydroxylation is 1. The van der Waals surface area contributed by atoms with E-state index in [0.29, 0.717) is 0 Å². The molecule has 7 nitrogen and oxygen atoms in total. The van der Waals surface area contributed by atoms with E-state index < -0.39 is 5.91 Å². The Morgan fingerprint density at radius 1 is 1.55 bits per heavy atom. The zero-order chi connectivity index (χ0) is 15.5. The molecule has 1 amide bonds. The van der Waals surface area contributed by atoms with Gasteiger partial charge in [-0.25, -0.2) is 14.6 Å². The highest BCUT2D eigenvalue weighted by molar-refractivity contribution is 7.09. The van der Waals surface area contributed by atoms with Gasteiger partial charge in [0.05, 0.1) is 16.7 Å². The molecule has 1 aliphatic rings. The molecule has 3 rings (SSSR count). The van der Waals surface area contributed by atoms with Crippen LogP contribution in [0.5, 0.6) is 0 Å². The topological polar surface area (TPSA) is 89.9 Å². The van der Waals surface area contributed by atoms with E-state index in [1.54, 1.807) is 22.3 Å². The van der Waals surface area contributed by atoms with Gasteiger partial charge in [-0.05, 0) is 26.3 Å². The van der Waals surface area contributed by atoms with Crippen molar-refractivity contribution in [1.82, 2.24) is 24.6 Å². The van der Waals surface area contributed by atoms with Gasteiger partial charge in [-0.2, -0.15) is 0 Å². The molecule has 1 saturated heterocycles. The van der Waals surface area contributed by atoms with Crippen LogP contribution in [0.15, 0.2) is 11.7 Å². The van der Waals surface area contributed by atoms with Crippen molar-refractivity contribution >= 4 is 17.2 Å². The highest BCUT2D eigenvalue weighted by atomic mass is 32.1. The minimum atomic E-state index is -0.578. The summed E-state index contributed by atoms with van der Waals surface area (Å²) >= 11 is 1.70. The van der Waals surface area contributed by atoms with Crippen molar-refractivity contribution in [2.75, 3.05) is 19.6 Å². The second-order valence-corrected chi connectivity index (χ2v) is 6.68. The van der Waals surface area contributed by atoms with E-state index >= 15 is 0 Å². The highest BCUT2D eigenvalue weighted by Gasteiger charge is 2.23. The van der Waals surface area contributed by atoms with E-state index in [1.165, 1.54) is 5.69 Å². The number of hydrogen-bond donors (Lipinski definition) is 1. The number of nitrogens with zero attached hydrogens (tertiary/aromatic N) is 5. The maximum Gasteiger partial charge on any atom is 0.288 e. The number of hydrogen-bond acceptors (Lipinski definition) is 6. The molecule has 8 heteroatoms. The average molecular weight is 320 g/mol. The lowest BCUT2D eigenvalue weighted by atomic mass is 10.1. The molecule has 0 spiro atoms. The lowest BCUT2D eigenvalue weighted by Gasteiger charge is -2.32. The van der Waals surface area contributed by atoms with Crippen LogP contribution in [0.2, 0.25) is 0 Å². The van der Waals surface area contributed by atoms with E-state index in [9.17, 15) is 4.79 Å². The summed E-state index contributed by atoms with van der Waals surface area (Å²) in [6.45, 7) is 5.05. The van der Waals surface area contributed by atoms with Crippen LogP contribution in [0.4, 0.5) is 0 Å².